The van der Waals surface area contributed by atoms with E-state index in [0.29, 0.717) is 0 Å². The first-order valence-corrected chi connectivity index (χ1v) is 7.33. The fourth-order valence-electron chi connectivity index (χ4n) is 1.69. The third-order valence-electron chi connectivity index (χ3n) is 2.67. The Morgan fingerprint density at radius 1 is 1.16 bits per heavy atom. The van der Waals surface area contributed by atoms with E-state index >= 15 is 0 Å². The number of nitrogens with one attached hydrogen (secondary N) is 1. The number of benzene rings is 1. The second-order valence-electron chi connectivity index (χ2n) is 4.47. The summed E-state index contributed by atoms with van der Waals surface area (Å²) < 4.78 is 0. The summed E-state index contributed by atoms with van der Waals surface area (Å²) in [4.78, 5) is 10.2. The predicted molar refractivity (Wildman–Crippen MR) is 80.9 cm³/mol. The van der Waals surface area contributed by atoms with Crippen molar-refractivity contribution in [3.05, 3.63) is 41.6 Å². The molecule has 1 aromatic heterocycles. The maximum atomic E-state index is 4.55. The minimum absolute atomic E-state index is 0.720. The number of aryl methyl sites for hydroxylation is 2. The van der Waals surface area contributed by atoms with Crippen molar-refractivity contribution in [2.45, 2.75) is 37.1 Å². The molecule has 19 heavy (non-hydrogen) atoms. The zero-order valence-corrected chi connectivity index (χ0v) is 12.4. The van der Waals surface area contributed by atoms with Gasteiger partial charge in [0.05, 0.1) is 0 Å². The monoisotopic (exact) mass is 273 g/mol. The second-order valence-corrected chi connectivity index (χ2v) is 5.53. The van der Waals surface area contributed by atoms with Crippen LogP contribution in [0.2, 0.25) is 0 Å². The van der Waals surface area contributed by atoms with E-state index in [1.165, 1.54) is 10.5 Å². The summed E-state index contributed by atoms with van der Waals surface area (Å²) in [6.45, 7) is 7.15. The third kappa shape index (κ3) is 3.96. The molecule has 1 N–H and O–H groups in total. The summed E-state index contributed by atoms with van der Waals surface area (Å²) in [5.41, 5.74) is 2.26. The van der Waals surface area contributed by atoms with Crippen molar-refractivity contribution in [3.8, 4) is 0 Å². The Labute approximate surface area is 118 Å². The van der Waals surface area contributed by atoms with Crippen molar-refractivity contribution < 1.29 is 0 Å². The van der Waals surface area contributed by atoms with Crippen LogP contribution in [0.15, 0.2) is 40.3 Å². The van der Waals surface area contributed by atoms with Gasteiger partial charge in [0.2, 0.25) is 5.95 Å². The molecule has 0 radical (unpaired) electrons. The van der Waals surface area contributed by atoms with Gasteiger partial charge in [0.1, 0.15) is 5.03 Å². The van der Waals surface area contributed by atoms with Gasteiger partial charge in [0.25, 0.3) is 0 Å². The molecule has 1 heterocycles. The number of rotatable bonds is 5. The topological polar surface area (TPSA) is 37.8 Å². The van der Waals surface area contributed by atoms with E-state index in [-0.39, 0.29) is 0 Å². The molecule has 0 aliphatic heterocycles. The lowest BCUT2D eigenvalue weighted by Gasteiger charge is -2.08. The fraction of sp³-hybridized carbons (Fsp3) is 0.333. The Morgan fingerprint density at radius 3 is 2.68 bits per heavy atom. The van der Waals surface area contributed by atoms with Crippen LogP contribution < -0.4 is 5.32 Å². The van der Waals surface area contributed by atoms with Gasteiger partial charge in [-0.3, -0.25) is 0 Å². The highest BCUT2D eigenvalue weighted by Gasteiger charge is 2.05. The third-order valence-corrected chi connectivity index (χ3v) is 3.77. The van der Waals surface area contributed by atoms with Crippen LogP contribution in [0.5, 0.6) is 0 Å². The summed E-state index contributed by atoms with van der Waals surface area (Å²) in [5.74, 6) is 0.720. The van der Waals surface area contributed by atoms with E-state index in [2.05, 4.69) is 53.4 Å². The van der Waals surface area contributed by atoms with Crippen LogP contribution in [0.25, 0.3) is 0 Å². The maximum absolute atomic E-state index is 4.55. The van der Waals surface area contributed by atoms with Crippen molar-refractivity contribution in [2.24, 2.45) is 0 Å². The quantitative estimate of drug-likeness (QED) is 0.833. The summed E-state index contributed by atoms with van der Waals surface area (Å²) in [6, 6.07) is 10.4. The molecule has 0 spiro atoms. The van der Waals surface area contributed by atoms with Crippen molar-refractivity contribution in [2.75, 3.05) is 11.9 Å². The number of hydrogen-bond donors (Lipinski definition) is 1. The van der Waals surface area contributed by atoms with Crippen LogP contribution >= 0.6 is 11.8 Å². The van der Waals surface area contributed by atoms with Gasteiger partial charge in [-0.1, -0.05) is 36.9 Å². The highest BCUT2D eigenvalue weighted by Crippen LogP contribution is 2.29. The minimum atomic E-state index is 0.720. The standard InChI is InChI=1S/C15H19N3S/c1-4-9-16-15-17-12(3)10-14(18-15)19-13-8-6-5-7-11(13)2/h5-8,10H,4,9H2,1-3H3,(H,16,17,18). The van der Waals surface area contributed by atoms with Crippen LogP contribution in [-0.2, 0) is 0 Å². The summed E-state index contributed by atoms with van der Waals surface area (Å²) in [5, 5.41) is 4.23. The van der Waals surface area contributed by atoms with Crippen molar-refractivity contribution in [1.82, 2.24) is 9.97 Å². The molecule has 0 aliphatic carbocycles. The van der Waals surface area contributed by atoms with Gasteiger partial charge in [-0.15, -0.1) is 0 Å². The van der Waals surface area contributed by atoms with Gasteiger partial charge in [0.15, 0.2) is 0 Å². The summed E-state index contributed by atoms with van der Waals surface area (Å²) >= 11 is 1.68. The minimum Gasteiger partial charge on any atom is -0.354 e. The van der Waals surface area contributed by atoms with Crippen molar-refractivity contribution in [3.63, 3.8) is 0 Å². The smallest absolute Gasteiger partial charge is 0.223 e. The Hall–Kier alpha value is -1.55. The Balaban J connectivity index is 2.20. The normalized spacial score (nSPS) is 10.5. The molecule has 3 nitrogen and oxygen atoms in total. The SMILES string of the molecule is CCCNc1nc(C)cc(Sc2ccccc2C)n1. The van der Waals surface area contributed by atoms with Crippen LogP contribution in [0.1, 0.15) is 24.6 Å². The highest BCUT2D eigenvalue weighted by atomic mass is 32.2. The van der Waals surface area contributed by atoms with Gasteiger partial charge in [-0.05, 0) is 38.0 Å². The fourth-order valence-corrected chi connectivity index (χ4v) is 2.65. The molecule has 2 rings (SSSR count). The number of hydrogen-bond acceptors (Lipinski definition) is 4. The van der Waals surface area contributed by atoms with Gasteiger partial charge >= 0.3 is 0 Å². The Kier molecular flexibility index (Phi) is 4.80. The molecule has 4 heteroatoms. The van der Waals surface area contributed by atoms with Gasteiger partial charge < -0.3 is 5.32 Å². The van der Waals surface area contributed by atoms with E-state index in [0.717, 1.165) is 29.6 Å². The zero-order valence-electron chi connectivity index (χ0n) is 11.6. The first kappa shape index (κ1) is 13.9. The average molecular weight is 273 g/mol. The molecule has 0 atom stereocenters. The van der Waals surface area contributed by atoms with Gasteiger partial charge in [-0.25, -0.2) is 9.97 Å². The molecule has 0 saturated heterocycles. The zero-order chi connectivity index (χ0) is 13.7. The van der Waals surface area contributed by atoms with Crippen LogP contribution in [0.3, 0.4) is 0 Å². The lowest BCUT2D eigenvalue weighted by molar-refractivity contribution is 0.924. The van der Waals surface area contributed by atoms with Crippen LogP contribution in [0, 0.1) is 13.8 Å². The summed E-state index contributed by atoms with van der Waals surface area (Å²) in [7, 11) is 0. The molecule has 0 aliphatic rings. The molecule has 0 saturated carbocycles. The highest BCUT2D eigenvalue weighted by molar-refractivity contribution is 7.99. The predicted octanol–water partition coefficient (Wildman–Crippen LogP) is 4.07. The van der Waals surface area contributed by atoms with Crippen LogP contribution in [0.4, 0.5) is 5.95 Å². The molecule has 0 amide bonds. The molecule has 0 bridgehead atoms. The number of nitrogens with zero attached hydrogens (tertiary/aromatic N) is 2. The molecule has 0 fully saturated rings. The number of anilines is 1. The molecular formula is C15H19N3S. The van der Waals surface area contributed by atoms with E-state index < -0.39 is 0 Å². The molecular weight excluding hydrogens is 254 g/mol. The maximum Gasteiger partial charge on any atom is 0.223 e. The van der Waals surface area contributed by atoms with Gasteiger partial charge in [0, 0.05) is 17.1 Å². The van der Waals surface area contributed by atoms with E-state index in [9.17, 15) is 0 Å². The Bertz CT molecular complexity index is 555. The molecule has 2 aromatic rings. The van der Waals surface area contributed by atoms with Gasteiger partial charge in [-0.2, -0.15) is 0 Å². The first-order chi connectivity index (χ1) is 9.19. The van der Waals surface area contributed by atoms with E-state index in [4.69, 9.17) is 0 Å². The Morgan fingerprint density at radius 2 is 1.95 bits per heavy atom. The molecule has 1 aromatic carbocycles. The lowest BCUT2D eigenvalue weighted by Crippen LogP contribution is -2.05. The lowest BCUT2D eigenvalue weighted by atomic mass is 10.2. The van der Waals surface area contributed by atoms with Crippen molar-refractivity contribution in [1.29, 1.82) is 0 Å². The van der Waals surface area contributed by atoms with Crippen molar-refractivity contribution >= 4 is 17.7 Å². The largest absolute Gasteiger partial charge is 0.354 e. The van der Waals surface area contributed by atoms with E-state index in [1.54, 1.807) is 11.8 Å². The summed E-state index contributed by atoms with van der Waals surface area (Å²) in [6.07, 6.45) is 1.07. The molecule has 0 unspecified atom stereocenters. The number of aromatic nitrogens is 2. The second kappa shape index (κ2) is 6.57. The van der Waals surface area contributed by atoms with E-state index in [1.807, 2.05) is 13.0 Å². The average Bonchev–Trinajstić information content (AvgIpc) is 2.38. The first-order valence-electron chi connectivity index (χ1n) is 6.52. The van der Waals surface area contributed by atoms with Crippen LogP contribution in [-0.4, -0.2) is 16.5 Å². The molecule has 100 valence electrons.